The quantitative estimate of drug-likeness (QED) is 0.105. The van der Waals surface area contributed by atoms with Crippen LogP contribution in [-0.2, 0) is 29.1 Å². The normalized spacial score (nSPS) is 12.4. The van der Waals surface area contributed by atoms with Gasteiger partial charge in [-0.05, 0) is 42.0 Å². The average molecular weight is 621 g/mol. The van der Waals surface area contributed by atoms with Crippen LogP contribution >= 0.6 is 0 Å². The van der Waals surface area contributed by atoms with E-state index in [4.69, 9.17) is 4.74 Å². The number of urea groups is 1. The summed E-state index contributed by atoms with van der Waals surface area (Å²) < 4.78 is 5.55. The predicted octanol–water partition coefficient (Wildman–Crippen LogP) is 5.87. The molecule has 10 heteroatoms. The Morgan fingerprint density at radius 1 is 0.870 bits per heavy atom. The van der Waals surface area contributed by atoms with Crippen molar-refractivity contribution < 1.29 is 19.1 Å². The number of carbonyl (C=O) groups is 3. The molecule has 5 rings (SSSR count). The van der Waals surface area contributed by atoms with Crippen molar-refractivity contribution in [1.82, 2.24) is 30.9 Å². The highest BCUT2D eigenvalue weighted by Crippen LogP contribution is 2.25. The Labute approximate surface area is 268 Å². The Hall–Kier alpha value is -5.38. The summed E-state index contributed by atoms with van der Waals surface area (Å²) in [4.78, 5) is 50.9. The zero-order chi connectivity index (χ0) is 32.5. The van der Waals surface area contributed by atoms with E-state index >= 15 is 0 Å². The minimum atomic E-state index is -0.799. The van der Waals surface area contributed by atoms with Crippen molar-refractivity contribution in [2.45, 2.75) is 58.8 Å². The number of hydrogen-bond donors (Lipinski definition) is 5. The van der Waals surface area contributed by atoms with Gasteiger partial charge in [0.15, 0.2) is 5.69 Å². The summed E-state index contributed by atoms with van der Waals surface area (Å²) in [6.07, 6.45) is 2.73. The molecular weight excluding hydrogens is 580 g/mol. The molecule has 5 aromatic rings. The van der Waals surface area contributed by atoms with Crippen LogP contribution < -0.4 is 16.0 Å². The van der Waals surface area contributed by atoms with Crippen LogP contribution in [0.3, 0.4) is 0 Å². The Balaban J connectivity index is 1.35. The van der Waals surface area contributed by atoms with Gasteiger partial charge in [-0.1, -0.05) is 92.7 Å². The lowest BCUT2D eigenvalue weighted by molar-refractivity contribution is -0.124. The Morgan fingerprint density at radius 3 is 2.26 bits per heavy atom. The summed E-state index contributed by atoms with van der Waals surface area (Å²) in [7, 11) is 0. The van der Waals surface area contributed by atoms with Crippen molar-refractivity contribution in [3.8, 4) is 0 Å². The summed E-state index contributed by atoms with van der Waals surface area (Å²) in [5.41, 5.74) is 4.44. The number of H-pyrrole nitrogens is 2. The standard InChI is InChI=1S/C36H40N6O4/c1-23(2)18-31(41-36(45)38-20-25-12-6-4-7-13-25)34(43)40-30(19-27-21-37-29-17-11-10-16-28(27)29)33-39-24(3)32(42-33)35(44)46-22-26-14-8-5-9-15-26/h4-17,21,23,30-31,37H,18-20,22H2,1-3H3,(H,39,42)(H,40,43)(H2,38,41,45)/t30-,31+/m1/s1. The van der Waals surface area contributed by atoms with Crippen LogP contribution in [0.1, 0.15) is 65.0 Å². The number of hydrogen-bond acceptors (Lipinski definition) is 5. The second kappa shape index (κ2) is 15.1. The summed E-state index contributed by atoms with van der Waals surface area (Å²) in [5.74, 6) is -0.361. The number of imidazole rings is 1. The van der Waals surface area contributed by atoms with E-state index in [0.29, 0.717) is 30.9 Å². The maximum atomic E-state index is 13.9. The topological polar surface area (TPSA) is 141 Å². The molecule has 46 heavy (non-hydrogen) atoms. The third kappa shape index (κ3) is 8.41. The SMILES string of the molecule is Cc1[nH]c([C@@H](Cc2c[nH]c3ccccc23)NC(=O)[C@H](CC(C)C)NC(=O)NCc2ccccc2)nc1C(=O)OCc1ccccc1. The van der Waals surface area contributed by atoms with Crippen molar-refractivity contribution in [2.75, 3.05) is 0 Å². The highest BCUT2D eigenvalue weighted by molar-refractivity contribution is 5.89. The monoisotopic (exact) mass is 620 g/mol. The van der Waals surface area contributed by atoms with E-state index in [1.165, 1.54) is 0 Å². The molecule has 3 amide bonds. The minimum Gasteiger partial charge on any atom is -0.456 e. The summed E-state index contributed by atoms with van der Waals surface area (Å²) in [5, 5.41) is 9.84. The van der Waals surface area contributed by atoms with Crippen molar-refractivity contribution in [1.29, 1.82) is 0 Å². The molecule has 0 fully saturated rings. The van der Waals surface area contributed by atoms with Gasteiger partial charge in [-0.15, -0.1) is 0 Å². The Bertz CT molecular complexity index is 1760. The van der Waals surface area contributed by atoms with Gasteiger partial charge < -0.3 is 30.7 Å². The fourth-order valence-corrected chi connectivity index (χ4v) is 5.34. The molecule has 2 atom stereocenters. The first-order chi connectivity index (χ1) is 22.3. The number of nitrogens with zero attached hydrogens (tertiary/aromatic N) is 1. The number of ether oxygens (including phenoxy) is 1. The zero-order valence-corrected chi connectivity index (χ0v) is 26.3. The molecular formula is C36H40N6O4. The molecule has 0 unspecified atom stereocenters. The molecule has 2 aromatic heterocycles. The molecule has 238 valence electrons. The van der Waals surface area contributed by atoms with Gasteiger partial charge >= 0.3 is 12.0 Å². The number of nitrogens with one attached hydrogen (secondary N) is 5. The van der Waals surface area contributed by atoms with E-state index in [1.54, 1.807) is 6.92 Å². The Kier molecular flexibility index (Phi) is 10.5. The van der Waals surface area contributed by atoms with E-state index < -0.39 is 24.1 Å². The summed E-state index contributed by atoms with van der Waals surface area (Å²) in [6.45, 7) is 6.19. The fourth-order valence-electron chi connectivity index (χ4n) is 5.34. The molecule has 0 aliphatic heterocycles. The third-order valence-corrected chi connectivity index (χ3v) is 7.68. The predicted molar refractivity (Wildman–Crippen MR) is 177 cm³/mol. The van der Waals surface area contributed by atoms with E-state index in [1.807, 2.05) is 105 Å². The molecule has 0 aliphatic rings. The minimum absolute atomic E-state index is 0.117. The largest absolute Gasteiger partial charge is 0.456 e. The zero-order valence-electron chi connectivity index (χ0n) is 26.3. The molecule has 3 aromatic carbocycles. The van der Waals surface area contributed by atoms with Crippen LogP contribution in [0.25, 0.3) is 10.9 Å². The molecule has 0 spiro atoms. The number of aryl methyl sites for hydroxylation is 1. The maximum Gasteiger partial charge on any atom is 0.359 e. The lowest BCUT2D eigenvalue weighted by Crippen LogP contribution is -2.51. The Morgan fingerprint density at radius 2 is 1.54 bits per heavy atom. The number of fused-ring (bicyclic) bond motifs is 1. The average Bonchev–Trinajstić information content (AvgIpc) is 3.66. The van der Waals surface area contributed by atoms with E-state index in [-0.39, 0.29) is 24.1 Å². The van der Waals surface area contributed by atoms with Crippen molar-refractivity contribution >= 4 is 28.8 Å². The number of carbonyl (C=O) groups excluding carboxylic acids is 3. The molecule has 0 radical (unpaired) electrons. The lowest BCUT2D eigenvalue weighted by Gasteiger charge is -2.24. The first-order valence-corrected chi connectivity index (χ1v) is 15.5. The first-order valence-electron chi connectivity index (χ1n) is 15.5. The number of benzene rings is 3. The number of rotatable bonds is 13. The van der Waals surface area contributed by atoms with Crippen molar-refractivity contribution in [3.05, 3.63) is 125 Å². The van der Waals surface area contributed by atoms with Gasteiger partial charge in [0, 0.05) is 35.8 Å². The van der Waals surface area contributed by atoms with Crippen LogP contribution in [0.2, 0.25) is 0 Å². The molecule has 0 bridgehead atoms. The van der Waals surface area contributed by atoms with Crippen LogP contribution in [0.15, 0.2) is 91.1 Å². The molecule has 0 saturated heterocycles. The van der Waals surface area contributed by atoms with Crippen LogP contribution in [0.5, 0.6) is 0 Å². The summed E-state index contributed by atoms with van der Waals surface area (Å²) in [6, 6.07) is 25.0. The molecule has 2 heterocycles. The smallest absolute Gasteiger partial charge is 0.359 e. The number of aromatic nitrogens is 3. The van der Waals surface area contributed by atoms with E-state index in [2.05, 4.69) is 30.9 Å². The number of para-hydroxylation sites is 1. The highest BCUT2D eigenvalue weighted by Gasteiger charge is 2.28. The van der Waals surface area contributed by atoms with Gasteiger partial charge in [-0.25, -0.2) is 14.6 Å². The number of esters is 1. The van der Waals surface area contributed by atoms with Gasteiger partial charge in [0.25, 0.3) is 0 Å². The van der Waals surface area contributed by atoms with Gasteiger partial charge in [0.1, 0.15) is 18.5 Å². The van der Waals surface area contributed by atoms with Crippen molar-refractivity contribution in [3.63, 3.8) is 0 Å². The number of aromatic amines is 2. The lowest BCUT2D eigenvalue weighted by atomic mass is 10.0. The third-order valence-electron chi connectivity index (χ3n) is 7.68. The maximum absolute atomic E-state index is 13.9. The second-order valence-electron chi connectivity index (χ2n) is 11.8. The molecule has 5 N–H and O–H groups in total. The van der Waals surface area contributed by atoms with Crippen LogP contribution in [0.4, 0.5) is 4.79 Å². The molecule has 0 saturated carbocycles. The summed E-state index contributed by atoms with van der Waals surface area (Å²) >= 11 is 0. The van der Waals surface area contributed by atoms with Crippen LogP contribution in [-0.4, -0.2) is 38.9 Å². The molecule has 10 nitrogen and oxygen atoms in total. The fraction of sp³-hybridized carbons (Fsp3) is 0.278. The van der Waals surface area contributed by atoms with Gasteiger partial charge in [-0.3, -0.25) is 4.79 Å². The van der Waals surface area contributed by atoms with Gasteiger partial charge in [0.2, 0.25) is 5.91 Å². The van der Waals surface area contributed by atoms with Crippen molar-refractivity contribution in [2.24, 2.45) is 5.92 Å². The number of amides is 3. The second-order valence-corrected chi connectivity index (χ2v) is 11.8. The van der Waals surface area contributed by atoms with E-state index in [0.717, 1.165) is 27.6 Å². The van der Waals surface area contributed by atoms with Gasteiger partial charge in [0.05, 0.1) is 6.04 Å². The molecule has 0 aliphatic carbocycles. The first kappa shape index (κ1) is 32.0. The van der Waals surface area contributed by atoms with Crippen LogP contribution in [0, 0.1) is 12.8 Å². The van der Waals surface area contributed by atoms with E-state index in [9.17, 15) is 14.4 Å². The van der Waals surface area contributed by atoms with Gasteiger partial charge in [-0.2, -0.15) is 0 Å². The highest BCUT2D eigenvalue weighted by atomic mass is 16.5.